The minimum absolute atomic E-state index is 0.175. The Labute approximate surface area is 164 Å². The molecule has 1 unspecified atom stereocenters. The van der Waals surface area contributed by atoms with Gasteiger partial charge in [0.2, 0.25) is 5.91 Å². The van der Waals surface area contributed by atoms with Gasteiger partial charge in [-0.05, 0) is 24.3 Å². The van der Waals surface area contributed by atoms with Crippen LogP contribution >= 0.6 is 0 Å². The number of carbonyl (C=O) groups excluding carboxylic acids is 1. The van der Waals surface area contributed by atoms with Crippen molar-refractivity contribution in [1.82, 2.24) is 9.64 Å². The molecule has 2 heterocycles. The van der Waals surface area contributed by atoms with E-state index < -0.39 is 0 Å². The molecule has 5 heteroatoms. The molecule has 1 aliphatic heterocycles. The summed E-state index contributed by atoms with van der Waals surface area (Å²) in [6.45, 7) is 1.73. The molecule has 5 nitrogen and oxygen atoms in total. The lowest BCUT2D eigenvalue weighted by atomic mass is 9.92. The van der Waals surface area contributed by atoms with Crippen molar-refractivity contribution >= 4 is 5.91 Å². The van der Waals surface area contributed by atoms with Crippen molar-refractivity contribution in [3.05, 3.63) is 82.7 Å². The number of aromatic nitrogens is 1. The van der Waals surface area contributed by atoms with Gasteiger partial charge < -0.3 is 9.42 Å². The van der Waals surface area contributed by atoms with Crippen LogP contribution in [0, 0.1) is 0 Å². The number of amides is 1. The monoisotopic (exact) mass is 376 g/mol. The lowest BCUT2D eigenvalue weighted by Crippen LogP contribution is -2.33. The maximum atomic E-state index is 12.6. The molecule has 0 N–H and O–H groups in total. The average Bonchev–Trinajstić information content (AvgIpc) is 3.01. The molecular formula is C23H24N2O3. The molecule has 144 valence electrons. The quantitative estimate of drug-likeness (QED) is 0.678. The fourth-order valence-electron chi connectivity index (χ4n) is 3.91. The van der Waals surface area contributed by atoms with Crippen LogP contribution < -0.4 is 5.63 Å². The largest absolute Gasteiger partial charge is 0.358 e. The zero-order chi connectivity index (χ0) is 19.3. The molecule has 0 bridgehead atoms. The van der Waals surface area contributed by atoms with Crippen LogP contribution in [0.3, 0.4) is 0 Å². The zero-order valence-electron chi connectivity index (χ0n) is 15.8. The van der Waals surface area contributed by atoms with Crippen molar-refractivity contribution in [1.29, 1.82) is 0 Å². The van der Waals surface area contributed by atoms with Crippen molar-refractivity contribution in [2.45, 2.75) is 31.7 Å². The third-order valence-corrected chi connectivity index (χ3v) is 5.44. The normalized spacial score (nSPS) is 17.5. The highest BCUT2D eigenvalue weighted by atomic mass is 16.5. The molecule has 3 aromatic rings. The van der Waals surface area contributed by atoms with E-state index in [1.165, 1.54) is 11.6 Å². The molecule has 2 aromatic carbocycles. The number of hydrogen-bond acceptors (Lipinski definition) is 3. The van der Waals surface area contributed by atoms with E-state index in [-0.39, 0.29) is 11.5 Å². The summed E-state index contributed by atoms with van der Waals surface area (Å²) >= 11 is 0. The molecule has 1 aliphatic rings. The second-order valence-electron chi connectivity index (χ2n) is 7.22. The van der Waals surface area contributed by atoms with E-state index in [1.54, 1.807) is 4.74 Å². The summed E-state index contributed by atoms with van der Waals surface area (Å²) in [4.78, 5) is 26.3. The van der Waals surface area contributed by atoms with Crippen LogP contribution in [0.25, 0.3) is 11.3 Å². The summed E-state index contributed by atoms with van der Waals surface area (Å²) in [5.74, 6) is 0.591. The average molecular weight is 376 g/mol. The summed E-state index contributed by atoms with van der Waals surface area (Å²) in [5.41, 5.74) is 2.61. The van der Waals surface area contributed by atoms with Gasteiger partial charge in [0.1, 0.15) is 0 Å². The third kappa shape index (κ3) is 4.09. The van der Waals surface area contributed by atoms with Crippen LogP contribution in [0.1, 0.15) is 30.7 Å². The maximum Gasteiger partial charge on any atom is 0.358 e. The summed E-state index contributed by atoms with van der Waals surface area (Å²) < 4.78 is 6.94. The van der Waals surface area contributed by atoms with E-state index in [4.69, 9.17) is 4.52 Å². The summed E-state index contributed by atoms with van der Waals surface area (Å²) in [6.07, 6.45) is 2.39. The third-order valence-electron chi connectivity index (χ3n) is 5.44. The predicted octanol–water partition coefficient (Wildman–Crippen LogP) is 3.90. The molecule has 0 aliphatic carbocycles. The number of hydrogen-bond donors (Lipinski definition) is 0. The molecule has 1 fully saturated rings. The summed E-state index contributed by atoms with van der Waals surface area (Å²) in [6, 6.07) is 21.6. The van der Waals surface area contributed by atoms with Gasteiger partial charge in [-0.1, -0.05) is 60.7 Å². The first-order valence-electron chi connectivity index (χ1n) is 9.80. The van der Waals surface area contributed by atoms with E-state index in [9.17, 15) is 9.59 Å². The van der Waals surface area contributed by atoms with E-state index >= 15 is 0 Å². The molecule has 28 heavy (non-hydrogen) atoms. The lowest BCUT2D eigenvalue weighted by Gasteiger charge is -2.21. The first-order valence-corrected chi connectivity index (χ1v) is 9.80. The van der Waals surface area contributed by atoms with Gasteiger partial charge in [-0.25, -0.2) is 9.53 Å². The standard InChI is InChI=1S/C23H24N2O3/c26-22-12-11-19(18-7-3-1-4-8-18)13-14-24(22)15-16-25-21(17-23(27)28-25)20-9-5-2-6-10-20/h1-10,17,19H,11-16H2. The molecular weight excluding hydrogens is 352 g/mol. The highest BCUT2D eigenvalue weighted by Gasteiger charge is 2.23. The molecule has 0 spiro atoms. The van der Waals surface area contributed by atoms with E-state index in [0.717, 1.165) is 30.6 Å². The number of nitrogens with zero attached hydrogens (tertiary/aromatic N) is 2. The maximum absolute atomic E-state index is 12.6. The minimum atomic E-state index is -0.370. The number of carbonyl (C=O) groups is 1. The van der Waals surface area contributed by atoms with E-state index in [1.807, 2.05) is 41.3 Å². The molecule has 0 saturated carbocycles. The minimum Gasteiger partial charge on any atom is -0.341 e. The fraction of sp³-hybridized carbons (Fsp3) is 0.304. The molecule has 1 saturated heterocycles. The van der Waals surface area contributed by atoms with Gasteiger partial charge in [0.05, 0.1) is 18.3 Å². The van der Waals surface area contributed by atoms with Crippen molar-refractivity contribution in [2.75, 3.05) is 13.1 Å². The lowest BCUT2D eigenvalue weighted by molar-refractivity contribution is -0.130. The van der Waals surface area contributed by atoms with Gasteiger partial charge in [-0.2, -0.15) is 0 Å². The Morgan fingerprint density at radius 3 is 2.36 bits per heavy atom. The van der Waals surface area contributed by atoms with Crippen LogP contribution in [-0.2, 0) is 11.3 Å². The summed E-state index contributed by atoms with van der Waals surface area (Å²) in [7, 11) is 0. The van der Waals surface area contributed by atoms with E-state index in [2.05, 4.69) is 24.3 Å². The molecule has 0 radical (unpaired) electrons. The van der Waals surface area contributed by atoms with Gasteiger partial charge in [0, 0.05) is 25.1 Å². The van der Waals surface area contributed by atoms with Crippen molar-refractivity contribution in [3.63, 3.8) is 0 Å². The Kier molecular flexibility index (Phi) is 5.42. The first kappa shape index (κ1) is 18.3. The Balaban J connectivity index is 1.44. The number of likely N-dealkylation sites (tertiary alicyclic amines) is 1. The number of benzene rings is 2. The van der Waals surface area contributed by atoms with Gasteiger partial charge in [0.25, 0.3) is 0 Å². The smallest absolute Gasteiger partial charge is 0.341 e. The molecule has 4 rings (SSSR count). The van der Waals surface area contributed by atoms with Crippen LogP contribution in [0.4, 0.5) is 0 Å². The second kappa shape index (κ2) is 8.30. The van der Waals surface area contributed by atoms with Gasteiger partial charge in [-0.3, -0.25) is 4.79 Å². The highest BCUT2D eigenvalue weighted by molar-refractivity contribution is 5.76. The molecule has 1 aromatic heterocycles. The highest BCUT2D eigenvalue weighted by Crippen LogP contribution is 2.28. The molecule has 1 amide bonds. The van der Waals surface area contributed by atoms with Gasteiger partial charge >= 0.3 is 5.63 Å². The predicted molar refractivity (Wildman–Crippen MR) is 108 cm³/mol. The van der Waals surface area contributed by atoms with Crippen molar-refractivity contribution < 1.29 is 9.32 Å². The van der Waals surface area contributed by atoms with E-state index in [0.29, 0.717) is 25.4 Å². The second-order valence-corrected chi connectivity index (χ2v) is 7.22. The van der Waals surface area contributed by atoms with Gasteiger partial charge in [0.15, 0.2) is 0 Å². The van der Waals surface area contributed by atoms with Crippen LogP contribution in [0.2, 0.25) is 0 Å². The zero-order valence-corrected chi connectivity index (χ0v) is 15.8. The first-order chi connectivity index (χ1) is 13.7. The topological polar surface area (TPSA) is 55.5 Å². The Morgan fingerprint density at radius 2 is 1.61 bits per heavy atom. The van der Waals surface area contributed by atoms with Crippen LogP contribution in [-0.4, -0.2) is 28.6 Å². The SMILES string of the molecule is O=C1CCC(c2ccccc2)CCN1CCn1oc(=O)cc1-c1ccccc1. The Morgan fingerprint density at radius 1 is 0.893 bits per heavy atom. The van der Waals surface area contributed by atoms with Crippen molar-refractivity contribution in [2.24, 2.45) is 0 Å². The van der Waals surface area contributed by atoms with Crippen molar-refractivity contribution in [3.8, 4) is 11.3 Å². The summed E-state index contributed by atoms with van der Waals surface area (Å²) in [5, 5.41) is 0. The van der Waals surface area contributed by atoms with Crippen LogP contribution in [0.15, 0.2) is 76.0 Å². The Hall–Kier alpha value is -3.08. The van der Waals surface area contributed by atoms with Gasteiger partial charge in [-0.15, -0.1) is 0 Å². The van der Waals surface area contributed by atoms with Crippen LogP contribution in [0.5, 0.6) is 0 Å². The fourth-order valence-corrected chi connectivity index (χ4v) is 3.91. The number of rotatable bonds is 5. The Bertz CT molecular complexity index is 976. The molecule has 1 atom stereocenters.